The van der Waals surface area contributed by atoms with E-state index in [2.05, 4.69) is 18.7 Å². The molecule has 5 heteroatoms. The fourth-order valence-electron chi connectivity index (χ4n) is 3.94. The van der Waals surface area contributed by atoms with Gasteiger partial charge in [0.1, 0.15) is 0 Å². The Labute approximate surface area is 147 Å². The number of hydrogen-bond acceptors (Lipinski definition) is 3. The zero-order valence-electron chi connectivity index (χ0n) is 16.1. The van der Waals surface area contributed by atoms with Crippen molar-refractivity contribution in [1.29, 1.82) is 0 Å². The van der Waals surface area contributed by atoms with Gasteiger partial charge in [0.25, 0.3) is 0 Å². The molecule has 138 valence electrons. The Hall–Kier alpha value is -1.10. The largest absolute Gasteiger partial charge is 0.343 e. The Kier molecular flexibility index (Phi) is 6.67. The summed E-state index contributed by atoms with van der Waals surface area (Å²) in [5, 5.41) is 0. The van der Waals surface area contributed by atoms with Crippen LogP contribution in [0.2, 0.25) is 0 Å². The Bertz CT molecular complexity index is 442. The summed E-state index contributed by atoms with van der Waals surface area (Å²) in [5.74, 6) is 0.596. The van der Waals surface area contributed by atoms with Gasteiger partial charge in [-0.3, -0.25) is 14.5 Å². The van der Waals surface area contributed by atoms with Gasteiger partial charge in [0.05, 0.1) is 6.04 Å². The molecule has 0 aromatic carbocycles. The third-order valence-corrected chi connectivity index (χ3v) is 5.77. The van der Waals surface area contributed by atoms with E-state index < -0.39 is 0 Å². The average molecular weight is 338 g/mol. The number of rotatable bonds is 4. The molecule has 0 N–H and O–H groups in total. The summed E-state index contributed by atoms with van der Waals surface area (Å²) in [4.78, 5) is 31.6. The van der Waals surface area contributed by atoms with Crippen LogP contribution in [0.4, 0.5) is 0 Å². The number of piperidine rings is 2. The highest BCUT2D eigenvalue weighted by Gasteiger charge is 2.36. The van der Waals surface area contributed by atoms with Crippen LogP contribution in [-0.2, 0) is 9.59 Å². The Balaban J connectivity index is 1.91. The number of carbonyl (C=O) groups excluding carboxylic acids is 2. The molecule has 0 saturated carbocycles. The molecule has 0 aromatic rings. The molecule has 0 aromatic heterocycles. The van der Waals surface area contributed by atoms with Gasteiger partial charge in [0.2, 0.25) is 11.8 Å². The van der Waals surface area contributed by atoms with Crippen LogP contribution in [0.5, 0.6) is 0 Å². The van der Waals surface area contributed by atoms with Gasteiger partial charge in [-0.1, -0.05) is 6.42 Å². The third kappa shape index (κ3) is 4.29. The molecule has 2 aliphatic heterocycles. The molecular formula is C19H35N3O2. The standard InChI is InChI=1S/C19H35N3O2/c1-14(2)20(5)18(23)16-9-12-21(13-10-16)19(24)17-8-6-7-11-22(17)15(3)4/h14-17H,6-13H2,1-5H3. The van der Waals surface area contributed by atoms with Crippen LogP contribution in [0.25, 0.3) is 0 Å². The van der Waals surface area contributed by atoms with E-state index in [0.29, 0.717) is 6.04 Å². The summed E-state index contributed by atoms with van der Waals surface area (Å²) in [6.07, 6.45) is 4.92. The third-order valence-electron chi connectivity index (χ3n) is 5.77. The van der Waals surface area contributed by atoms with E-state index in [1.807, 2.05) is 30.7 Å². The first-order chi connectivity index (χ1) is 11.3. The van der Waals surface area contributed by atoms with Crippen LogP contribution in [0, 0.1) is 5.92 Å². The van der Waals surface area contributed by atoms with E-state index in [0.717, 1.165) is 45.3 Å². The Morgan fingerprint density at radius 3 is 2.12 bits per heavy atom. The molecule has 1 atom stereocenters. The van der Waals surface area contributed by atoms with Crippen LogP contribution in [-0.4, -0.2) is 71.3 Å². The van der Waals surface area contributed by atoms with E-state index >= 15 is 0 Å². The second kappa shape index (κ2) is 8.32. The van der Waals surface area contributed by atoms with Crippen molar-refractivity contribution < 1.29 is 9.59 Å². The number of amides is 2. The van der Waals surface area contributed by atoms with Crippen molar-refractivity contribution >= 4 is 11.8 Å². The summed E-state index contributed by atoms with van der Waals surface area (Å²) < 4.78 is 0. The van der Waals surface area contributed by atoms with Gasteiger partial charge in [-0.05, 0) is 59.9 Å². The zero-order valence-corrected chi connectivity index (χ0v) is 16.1. The molecule has 2 aliphatic rings. The van der Waals surface area contributed by atoms with Crippen molar-refractivity contribution in [2.75, 3.05) is 26.7 Å². The first kappa shape index (κ1) is 19.2. The van der Waals surface area contributed by atoms with Crippen molar-refractivity contribution in [3.63, 3.8) is 0 Å². The lowest BCUT2D eigenvalue weighted by Gasteiger charge is -2.42. The van der Waals surface area contributed by atoms with Crippen molar-refractivity contribution in [2.24, 2.45) is 5.92 Å². The molecule has 24 heavy (non-hydrogen) atoms. The number of likely N-dealkylation sites (tertiary alicyclic amines) is 2. The zero-order chi connectivity index (χ0) is 17.9. The molecule has 2 heterocycles. The lowest BCUT2D eigenvalue weighted by Crippen LogP contribution is -2.55. The highest BCUT2D eigenvalue weighted by molar-refractivity contribution is 5.83. The Morgan fingerprint density at radius 1 is 0.958 bits per heavy atom. The van der Waals surface area contributed by atoms with Crippen LogP contribution >= 0.6 is 0 Å². The number of carbonyl (C=O) groups is 2. The molecule has 0 radical (unpaired) electrons. The van der Waals surface area contributed by atoms with Crippen LogP contribution in [0.15, 0.2) is 0 Å². The lowest BCUT2D eigenvalue weighted by molar-refractivity contribution is -0.144. The van der Waals surface area contributed by atoms with Gasteiger partial charge >= 0.3 is 0 Å². The lowest BCUT2D eigenvalue weighted by atomic mass is 9.93. The molecule has 0 bridgehead atoms. The number of hydrogen-bond donors (Lipinski definition) is 0. The average Bonchev–Trinajstić information content (AvgIpc) is 2.59. The summed E-state index contributed by atoms with van der Waals surface area (Å²) in [7, 11) is 1.88. The summed E-state index contributed by atoms with van der Waals surface area (Å²) in [6.45, 7) is 10.9. The minimum absolute atomic E-state index is 0.0457. The van der Waals surface area contributed by atoms with Crippen molar-refractivity contribution in [3.8, 4) is 0 Å². The fraction of sp³-hybridized carbons (Fsp3) is 0.895. The van der Waals surface area contributed by atoms with Crippen LogP contribution in [0.1, 0.15) is 59.8 Å². The van der Waals surface area contributed by atoms with Crippen molar-refractivity contribution in [2.45, 2.75) is 77.9 Å². The summed E-state index contributed by atoms with van der Waals surface area (Å²) >= 11 is 0. The van der Waals surface area contributed by atoms with E-state index in [1.54, 1.807) is 0 Å². The molecule has 2 fully saturated rings. The van der Waals surface area contributed by atoms with Crippen molar-refractivity contribution in [3.05, 3.63) is 0 Å². The highest BCUT2D eigenvalue weighted by Crippen LogP contribution is 2.25. The summed E-state index contributed by atoms with van der Waals surface area (Å²) in [6, 6.07) is 0.696. The van der Waals surface area contributed by atoms with E-state index in [1.165, 1.54) is 6.42 Å². The van der Waals surface area contributed by atoms with Gasteiger partial charge in [0.15, 0.2) is 0 Å². The molecular weight excluding hydrogens is 302 g/mol. The SMILES string of the molecule is CC(C)N(C)C(=O)C1CCN(C(=O)C2CCCCN2C(C)C)CC1. The molecule has 2 amide bonds. The highest BCUT2D eigenvalue weighted by atomic mass is 16.2. The predicted molar refractivity (Wildman–Crippen MR) is 96.7 cm³/mol. The van der Waals surface area contributed by atoms with Crippen LogP contribution < -0.4 is 0 Å². The monoisotopic (exact) mass is 337 g/mol. The summed E-state index contributed by atoms with van der Waals surface area (Å²) in [5.41, 5.74) is 0. The maximum atomic E-state index is 13.0. The maximum Gasteiger partial charge on any atom is 0.239 e. The van der Waals surface area contributed by atoms with Gasteiger partial charge < -0.3 is 9.80 Å². The van der Waals surface area contributed by atoms with Gasteiger partial charge in [0, 0.05) is 38.1 Å². The molecule has 2 saturated heterocycles. The minimum atomic E-state index is 0.0457. The minimum Gasteiger partial charge on any atom is -0.343 e. The Morgan fingerprint density at radius 2 is 1.58 bits per heavy atom. The number of nitrogens with zero attached hydrogens (tertiary/aromatic N) is 3. The fourth-order valence-corrected chi connectivity index (χ4v) is 3.94. The predicted octanol–water partition coefficient (Wildman–Crippen LogP) is 2.35. The van der Waals surface area contributed by atoms with Gasteiger partial charge in [-0.2, -0.15) is 0 Å². The quantitative estimate of drug-likeness (QED) is 0.791. The molecule has 2 rings (SSSR count). The van der Waals surface area contributed by atoms with E-state index in [9.17, 15) is 9.59 Å². The molecule has 0 aliphatic carbocycles. The smallest absolute Gasteiger partial charge is 0.239 e. The first-order valence-electron chi connectivity index (χ1n) is 9.64. The normalized spacial score (nSPS) is 23.8. The van der Waals surface area contributed by atoms with Crippen molar-refractivity contribution in [1.82, 2.24) is 14.7 Å². The second-order valence-electron chi connectivity index (χ2n) is 7.99. The molecule has 1 unspecified atom stereocenters. The van der Waals surface area contributed by atoms with E-state index in [4.69, 9.17) is 0 Å². The second-order valence-corrected chi connectivity index (χ2v) is 7.99. The molecule has 0 spiro atoms. The van der Waals surface area contributed by atoms with Gasteiger partial charge in [-0.25, -0.2) is 0 Å². The molecule has 5 nitrogen and oxygen atoms in total. The first-order valence-corrected chi connectivity index (χ1v) is 9.64. The van der Waals surface area contributed by atoms with Gasteiger partial charge in [-0.15, -0.1) is 0 Å². The van der Waals surface area contributed by atoms with Crippen LogP contribution in [0.3, 0.4) is 0 Å². The van der Waals surface area contributed by atoms with E-state index in [-0.39, 0.29) is 29.8 Å². The maximum absolute atomic E-state index is 13.0. The topological polar surface area (TPSA) is 43.9 Å².